The van der Waals surface area contributed by atoms with Gasteiger partial charge in [-0.15, -0.1) is 0 Å². The highest BCUT2D eigenvalue weighted by molar-refractivity contribution is 5.49. The summed E-state index contributed by atoms with van der Waals surface area (Å²) < 4.78 is 2.06. The summed E-state index contributed by atoms with van der Waals surface area (Å²) in [6.07, 6.45) is 3.08. The maximum absolute atomic E-state index is 3.08. The van der Waals surface area contributed by atoms with Crippen LogP contribution in [0.1, 0.15) is 0 Å². The van der Waals surface area contributed by atoms with Gasteiger partial charge in [0.05, 0.1) is 14.1 Å². The first-order valence-electron chi connectivity index (χ1n) is 2.47. The minimum absolute atomic E-state index is 1.12. The molecule has 0 fully saturated rings. The monoisotopic (exact) mass is 98.1 g/mol. The molecule has 0 spiro atoms. The van der Waals surface area contributed by atoms with Crippen LogP contribution >= 0.6 is 0 Å². The van der Waals surface area contributed by atoms with Crippen molar-refractivity contribution in [2.24, 2.45) is 0 Å². The van der Waals surface area contributed by atoms with Crippen LogP contribution < -0.4 is 0 Å². The van der Waals surface area contributed by atoms with Crippen molar-refractivity contribution in [2.75, 3.05) is 27.2 Å². The Balaban J connectivity index is 2.50. The predicted molar refractivity (Wildman–Crippen MR) is 28.7 cm³/mol. The molecule has 0 amide bonds. The summed E-state index contributed by atoms with van der Waals surface area (Å²) in [6.45, 7) is 2.24. The molecule has 0 N–H and O–H groups in total. The molecule has 0 aromatic carbocycles. The first-order chi connectivity index (χ1) is 3.29. The summed E-state index contributed by atoms with van der Waals surface area (Å²) in [5.41, 5.74) is 0. The Labute approximate surface area is 44.1 Å². The zero-order valence-electron chi connectivity index (χ0n) is 4.81. The van der Waals surface area contributed by atoms with Crippen molar-refractivity contribution in [2.45, 2.75) is 0 Å². The minimum atomic E-state index is 1.12. The van der Waals surface area contributed by atoms with Crippen molar-refractivity contribution >= 4 is 6.34 Å². The molecule has 0 aromatic heterocycles. The van der Waals surface area contributed by atoms with Gasteiger partial charge in [-0.25, -0.2) is 0 Å². The number of nitrogens with zero attached hydrogens (tertiary/aromatic N) is 2. The van der Waals surface area contributed by atoms with Gasteiger partial charge in [-0.1, -0.05) is 0 Å². The Morgan fingerprint density at radius 3 is 2.57 bits per heavy atom. The van der Waals surface area contributed by atoms with Crippen molar-refractivity contribution in [3.8, 4) is 0 Å². The fourth-order valence-corrected chi connectivity index (χ4v) is 0.691. The molecule has 0 atom stereocenters. The molecule has 0 unspecified atom stereocenters. The van der Waals surface area contributed by atoms with Crippen molar-refractivity contribution in [1.29, 1.82) is 0 Å². The molecule has 0 bridgehead atoms. The molecule has 0 saturated heterocycles. The fraction of sp³-hybridized carbons (Fsp3) is 0.800. The third-order valence-electron chi connectivity index (χ3n) is 1.11. The van der Waals surface area contributed by atoms with E-state index in [-0.39, 0.29) is 0 Å². The van der Waals surface area contributed by atoms with E-state index >= 15 is 0 Å². The molecular weight excluding hydrogens is 88.1 g/mol. The van der Waals surface area contributed by atoms with Gasteiger partial charge in [0.1, 0.15) is 13.1 Å². The Morgan fingerprint density at radius 2 is 2.43 bits per heavy atom. The summed E-state index contributed by atoms with van der Waals surface area (Å²) in [6, 6.07) is 0. The number of likely N-dealkylation sites (N-methyl/N-ethyl adjacent to an activating group) is 2. The molecule has 1 rings (SSSR count). The second-order valence-corrected chi connectivity index (χ2v) is 1.94. The third kappa shape index (κ3) is 0.918. The van der Waals surface area contributed by atoms with Crippen molar-refractivity contribution < 1.29 is 4.58 Å². The Morgan fingerprint density at radius 1 is 1.71 bits per heavy atom. The topological polar surface area (TPSA) is 6.25 Å². The maximum Gasteiger partial charge on any atom is 0.362 e. The van der Waals surface area contributed by atoms with Gasteiger partial charge in [0, 0.05) is 0 Å². The number of hydrogen-bond acceptors (Lipinski definition) is 1. The molecule has 2 heteroatoms. The van der Waals surface area contributed by atoms with Crippen molar-refractivity contribution in [3.05, 3.63) is 0 Å². The normalized spacial score (nSPS) is 20.3. The van der Waals surface area contributed by atoms with E-state index in [9.17, 15) is 0 Å². The van der Waals surface area contributed by atoms with Crippen LogP contribution in [0.4, 0.5) is 0 Å². The summed E-state index contributed by atoms with van der Waals surface area (Å²) in [7, 11) is 4.06. The summed E-state index contributed by atoms with van der Waals surface area (Å²) in [5, 5.41) is 0. The second-order valence-electron chi connectivity index (χ2n) is 1.94. The van der Waals surface area contributed by atoms with Crippen LogP contribution in [0.15, 0.2) is 0 Å². The van der Waals surface area contributed by atoms with E-state index < -0.39 is 0 Å². The lowest BCUT2D eigenvalue weighted by Gasteiger charge is -1.88. The molecule has 7 heavy (non-hydrogen) atoms. The smallest absolute Gasteiger partial charge is 0.254 e. The quantitative estimate of drug-likeness (QED) is 0.369. The van der Waals surface area contributed by atoms with Gasteiger partial charge < -0.3 is 0 Å². The molecular formula is C5H10N2+. The van der Waals surface area contributed by atoms with Crippen LogP contribution in [0, 0.1) is 0 Å². The molecule has 0 saturated carbocycles. The highest BCUT2D eigenvalue weighted by Gasteiger charge is 2.11. The average molecular weight is 98.1 g/mol. The van der Waals surface area contributed by atoms with Crippen LogP contribution in [0.3, 0.4) is 0 Å². The Hall–Kier alpha value is -0.530. The second kappa shape index (κ2) is 1.52. The maximum atomic E-state index is 3.08. The largest absolute Gasteiger partial charge is 0.362 e. The van der Waals surface area contributed by atoms with Gasteiger partial charge >= 0.3 is 6.34 Å². The first-order valence-corrected chi connectivity index (χ1v) is 2.47. The molecule has 1 aliphatic rings. The molecule has 1 heterocycles. The lowest BCUT2D eigenvalue weighted by Crippen LogP contribution is -2.11. The highest BCUT2D eigenvalue weighted by Crippen LogP contribution is 1.83. The van der Waals surface area contributed by atoms with Crippen molar-refractivity contribution in [3.63, 3.8) is 0 Å². The van der Waals surface area contributed by atoms with Gasteiger partial charge in [0.25, 0.3) is 0 Å². The average Bonchev–Trinajstić information content (AvgIpc) is 1.87. The van der Waals surface area contributed by atoms with E-state index in [1.165, 1.54) is 0 Å². The van der Waals surface area contributed by atoms with E-state index in [0.29, 0.717) is 0 Å². The van der Waals surface area contributed by atoms with E-state index in [4.69, 9.17) is 0 Å². The van der Waals surface area contributed by atoms with Gasteiger partial charge in [0.15, 0.2) is 0 Å². The minimum Gasteiger partial charge on any atom is -0.254 e. The zero-order valence-corrected chi connectivity index (χ0v) is 4.81. The van der Waals surface area contributed by atoms with E-state index in [1.807, 2.05) is 14.1 Å². The van der Waals surface area contributed by atoms with Gasteiger partial charge in [-0.05, 0) is 0 Å². The molecule has 1 radical (unpaired) electrons. The van der Waals surface area contributed by atoms with E-state index in [1.54, 1.807) is 0 Å². The summed E-state index contributed by atoms with van der Waals surface area (Å²) in [4.78, 5) is 2.06. The molecule has 39 valence electrons. The van der Waals surface area contributed by atoms with E-state index in [0.717, 1.165) is 13.1 Å². The molecule has 0 aromatic rings. The van der Waals surface area contributed by atoms with Crippen LogP contribution in [-0.2, 0) is 0 Å². The SMILES string of the molecule is CN1[C]=[N+](C)CC1. The number of hydrogen-bond donors (Lipinski definition) is 0. The van der Waals surface area contributed by atoms with Gasteiger partial charge in [0.2, 0.25) is 0 Å². The Bertz CT molecular complexity index is 96.3. The molecule has 2 nitrogen and oxygen atoms in total. The summed E-state index contributed by atoms with van der Waals surface area (Å²) >= 11 is 0. The van der Waals surface area contributed by atoms with Crippen LogP contribution in [0.5, 0.6) is 0 Å². The lowest BCUT2D eigenvalue weighted by atomic mass is 10.6. The standard InChI is InChI=1S/C5H10N2/c1-6-3-4-7(2)5-6/h3-4H2,1-2H3/q+1. The van der Waals surface area contributed by atoms with Crippen LogP contribution in [0.2, 0.25) is 0 Å². The number of rotatable bonds is 0. The zero-order chi connectivity index (χ0) is 5.28. The fourth-order valence-electron chi connectivity index (χ4n) is 0.691. The van der Waals surface area contributed by atoms with E-state index in [2.05, 4.69) is 15.8 Å². The Kier molecular flexibility index (Phi) is 1.01. The van der Waals surface area contributed by atoms with Gasteiger partial charge in [-0.2, -0.15) is 0 Å². The highest BCUT2D eigenvalue weighted by atomic mass is 15.2. The summed E-state index contributed by atoms with van der Waals surface area (Å²) in [5.74, 6) is 0. The third-order valence-corrected chi connectivity index (χ3v) is 1.11. The van der Waals surface area contributed by atoms with Crippen LogP contribution in [-0.4, -0.2) is 43.0 Å². The van der Waals surface area contributed by atoms with Gasteiger partial charge in [-0.3, -0.25) is 9.48 Å². The van der Waals surface area contributed by atoms with Crippen molar-refractivity contribution in [1.82, 2.24) is 4.90 Å². The molecule has 0 aliphatic carbocycles. The first kappa shape index (κ1) is 4.62. The predicted octanol–water partition coefficient (Wildman–Crippen LogP) is -0.521. The molecule has 1 aliphatic heterocycles. The van der Waals surface area contributed by atoms with Crippen LogP contribution in [0.25, 0.3) is 0 Å². The lowest BCUT2D eigenvalue weighted by molar-refractivity contribution is -0.482.